The lowest BCUT2D eigenvalue weighted by atomic mass is 9.91. The number of fused-ring (bicyclic) bond motifs is 5. The highest BCUT2D eigenvalue weighted by Crippen LogP contribution is 2.36. The Morgan fingerprint density at radius 3 is 3.00 bits per heavy atom. The van der Waals surface area contributed by atoms with E-state index in [0.29, 0.717) is 5.56 Å². The third-order valence-corrected chi connectivity index (χ3v) is 4.09. The lowest BCUT2D eigenvalue weighted by Gasteiger charge is -2.16. The van der Waals surface area contributed by atoms with E-state index in [0.717, 1.165) is 35.3 Å². The highest BCUT2D eigenvalue weighted by molar-refractivity contribution is 5.94. The Bertz CT molecular complexity index is 864. The van der Waals surface area contributed by atoms with Crippen molar-refractivity contribution in [3.8, 4) is 11.3 Å². The molecule has 1 N–H and O–H groups in total. The molecule has 1 aliphatic carbocycles. The number of hydrogen-bond donors (Lipinski definition) is 1. The van der Waals surface area contributed by atoms with Crippen LogP contribution in [0.5, 0.6) is 0 Å². The maximum Gasteiger partial charge on any atom is 0.339 e. The Kier molecular flexibility index (Phi) is 2.57. The summed E-state index contributed by atoms with van der Waals surface area (Å²) in [7, 11) is 1.39. The summed E-state index contributed by atoms with van der Waals surface area (Å²) in [6, 6.07) is 10.2. The van der Waals surface area contributed by atoms with E-state index in [2.05, 4.69) is 28.2 Å². The molecule has 3 aromatic rings. The first kappa shape index (κ1) is 12.1. The van der Waals surface area contributed by atoms with Gasteiger partial charge < -0.3 is 9.72 Å². The summed E-state index contributed by atoms with van der Waals surface area (Å²) >= 11 is 0. The molecule has 0 saturated heterocycles. The molecule has 4 heteroatoms. The molecule has 1 aliphatic rings. The maximum absolute atomic E-state index is 11.7. The number of aromatic amines is 1. The molecule has 0 atom stereocenters. The fourth-order valence-corrected chi connectivity index (χ4v) is 3.07. The molecule has 4 nitrogen and oxygen atoms in total. The van der Waals surface area contributed by atoms with Crippen LogP contribution < -0.4 is 0 Å². The molecule has 2 aromatic heterocycles. The second-order valence-corrected chi connectivity index (χ2v) is 5.23. The van der Waals surface area contributed by atoms with Gasteiger partial charge in [-0.15, -0.1) is 0 Å². The molecular weight excluding hydrogens is 264 g/mol. The van der Waals surface area contributed by atoms with Gasteiger partial charge in [0, 0.05) is 22.7 Å². The average molecular weight is 278 g/mol. The van der Waals surface area contributed by atoms with Gasteiger partial charge in [0.15, 0.2) is 0 Å². The lowest BCUT2D eigenvalue weighted by Crippen LogP contribution is -2.09. The molecule has 0 spiro atoms. The number of para-hydroxylation sites is 1. The molecule has 0 bridgehead atoms. The fourth-order valence-electron chi connectivity index (χ4n) is 3.07. The van der Waals surface area contributed by atoms with Crippen LogP contribution in [-0.2, 0) is 17.6 Å². The number of H-pyrrole nitrogens is 1. The molecule has 1 aromatic carbocycles. The van der Waals surface area contributed by atoms with E-state index in [1.54, 1.807) is 6.20 Å². The quantitative estimate of drug-likeness (QED) is 0.696. The Morgan fingerprint density at radius 2 is 2.14 bits per heavy atom. The number of aryl methyl sites for hydroxylation is 2. The van der Waals surface area contributed by atoms with Gasteiger partial charge in [0.2, 0.25) is 0 Å². The number of aromatic nitrogens is 2. The van der Waals surface area contributed by atoms with E-state index in [1.807, 2.05) is 12.1 Å². The van der Waals surface area contributed by atoms with Crippen molar-refractivity contribution in [3.63, 3.8) is 0 Å². The number of rotatable bonds is 1. The smallest absolute Gasteiger partial charge is 0.339 e. The van der Waals surface area contributed by atoms with Gasteiger partial charge >= 0.3 is 5.97 Å². The van der Waals surface area contributed by atoms with Gasteiger partial charge in [0.05, 0.1) is 24.1 Å². The number of hydrogen-bond acceptors (Lipinski definition) is 3. The van der Waals surface area contributed by atoms with Crippen LogP contribution in [0.2, 0.25) is 0 Å². The van der Waals surface area contributed by atoms with Crippen molar-refractivity contribution in [3.05, 3.63) is 53.3 Å². The zero-order chi connectivity index (χ0) is 14.4. The highest BCUT2D eigenvalue weighted by Gasteiger charge is 2.22. The van der Waals surface area contributed by atoms with Gasteiger partial charge in [-0.2, -0.15) is 0 Å². The van der Waals surface area contributed by atoms with E-state index in [1.165, 1.54) is 18.1 Å². The first-order chi connectivity index (χ1) is 10.3. The zero-order valence-electron chi connectivity index (χ0n) is 11.6. The van der Waals surface area contributed by atoms with Gasteiger partial charge in [0.1, 0.15) is 0 Å². The second kappa shape index (κ2) is 4.45. The largest absolute Gasteiger partial charge is 0.465 e. The number of benzene rings is 1. The number of pyridine rings is 1. The van der Waals surface area contributed by atoms with Crippen LogP contribution in [0, 0.1) is 0 Å². The summed E-state index contributed by atoms with van der Waals surface area (Å²) in [6.07, 6.45) is 3.46. The predicted molar refractivity (Wildman–Crippen MR) is 80.3 cm³/mol. The van der Waals surface area contributed by atoms with Crippen LogP contribution in [0.15, 0.2) is 36.5 Å². The first-order valence-corrected chi connectivity index (χ1v) is 6.95. The van der Waals surface area contributed by atoms with Crippen LogP contribution in [0.3, 0.4) is 0 Å². The van der Waals surface area contributed by atoms with Crippen molar-refractivity contribution in [1.29, 1.82) is 0 Å². The number of nitrogens with zero attached hydrogens (tertiary/aromatic N) is 1. The molecular formula is C17H14N2O2. The monoisotopic (exact) mass is 278 g/mol. The Balaban J connectivity index is 1.96. The van der Waals surface area contributed by atoms with Crippen molar-refractivity contribution in [1.82, 2.24) is 9.97 Å². The minimum atomic E-state index is -0.353. The Labute approximate surface area is 121 Å². The van der Waals surface area contributed by atoms with Crippen LogP contribution in [-0.4, -0.2) is 23.0 Å². The third kappa shape index (κ3) is 1.76. The Hall–Kier alpha value is -2.62. The number of ether oxygens (including phenoxy) is 1. The standard InChI is InChI=1S/C17H14N2O2/c1-21-17(20)10-8-13-14(18-9-10)7-6-12-11-4-2-3-5-15(11)19-16(12)13/h2-5,8-9,19H,6-7H2,1H3. The van der Waals surface area contributed by atoms with Crippen LogP contribution in [0.25, 0.3) is 22.2 Å². The number of nitrogens with one attached hydrogen (secondary N) is 1. The van der Waals surface area contributed by atoms with Gasteiger partial charge in [-0.3, -0.25) is 4.98 Å². The summed E-state index contributed by atoms with van der Waals surface area (Å²) in [5, 5.41) is 1.25. The fraction of sp³-hybridized carbons (Fsp3) is 0.176. The van der Waals surface area contributed by atoms with Crippen molar-refractivity contribution in [2.75, 3.05) is 7.11 Å². The topological polar surface area (TPSA) is 55.0 Å². The van der Waals surface area contributed by atoms with Crippen molar-refractivity contribution in [2.45, 2.75) is 12.8 Å². The van der Waals surface area contributed by atoms with Crippen LogP contribution in [0.1, 0.15) is 21.6 Å². The average Bonchev–Trinajstić information content (AvgIpc) is 2.92. The minimum absolute atomic E-state index is 0.353. The second-order valence-electron chi connectivity index (χ2n) is 5.23. The molecule has 0 unspecified atom stereocenters. The van der Waals surface area contributed by atoms with Gasteiger partial charge in [-0.25, -0.2) is 4.79 Å². The summed E-state index contributed by atoms with van der Waals surface area (Å²) < 4.78 is 4.79. The van der Waals surface area contributed by atoms with E-state index in [-0.39, 0.29) is 5.97 Å². The van der Waals surface area contributed by atoms with Crippen LogP contribution in [0.4, 0.5) is 0 Å². The van der Waals surface area contributed by atoms with E-state index < -0.39 is 0 Å². The molecule has 0 fully saturated rings. The SMILES string of the molecule is COC(=O)c1cnc2c(c1)-c1[nH]c3ccccc3c1CC2. The van der Waals surface area contributed by atoms with Crippen molar-refractivity contribution >= 4 is 16.9 Å². The van der Waals surface area contributed by atoms with Gasteiger partial charge in [-0.05, 0) is 30.5 Å². The zero-order valence-corrected chi connectivity index (χ0v) is 11.6. The summed E-state index contributed by atoms with van der Waals surface area (Å²) in [5.41, 5.74) is 6.04. The normalized spacial score (nSPS) is 12.8. The first-order valence-electron chi connectivity index (χ1n) is 6.95. The van der Waals surface area contributed by atoms with Crippen LogP contribution >= 0.6 is 0 Å². The molecule has 4 rings (SSSR count). The molecule has 0 radical (unpaired) electrons. The number of carbonyl (C=O) groups is 1. The number of methoxy groups -OCH3 is 1. The minimum Gasteiger partial charge on any atom is -0.465 e. The van der Waals surface area contributed by atoms with Gasteiger partial charge in [0.25, 0.3) is 0 Å². The van der Waals surface area contributed by atoms with Gasteiger partial charge in [-0.1, -0.05) is 18.2 Å². The lowest BCUT2D eigenvalue weighted by molar-refractivity contribution is 0.0600. The van der Waals surface area contributed by atoms with Crippen molar-refractivity contribution in [2.24, 2.45) is 0 Å². The maximum atomic E-state index is 11.7. The summed E-state index contributed by atoms with van der Waals surface area (Å²) in [5.74, 6) is -0.353. The predicted octanol–water partition coefficient (Wildman–Crippen LogP) is 3.12. The molecule has 21 heavy (non-hydrogen) atoms. The molecule has 0 saturated carbocycles. The number of carbonyl (C=O) groups excluding carboxylic acids is 1. The van der Waals surface area contributed by atoms with E-state index in [4.69, 9.17) is 4.74 Å². The van der Waals surface area contributed by atoms with E-state index in [9.17, 15) is 4.79 Å². The molecule has 104 valence electrons. The molecule has 2 heterocycles. The highest BCUT2D eigenvalue weighted by atomic mass is 16.5. The Morgan fingerprint density at radius 1 is 1.29 bits per heavy atom. The molecule has 0 aliphatic heterocycles. The third-order valence-electron chi connectivity index (χ3n) is 4.09. The molecule has 0 amide bonds. The summed E-state index contributed by atoms with van der Waals surface area (Å²) in [4.78, 5) is 19.6. The van der Waals surface area contributed by atoms with E-state index >= 15 is 0 Å². The van der Waals surface area contributed by atoms with Crippen molar-refractivity contribution < 1.29 is 9.53 Å². The number of esters is 1. The summed E-state index contributed by atoms with van der Waals surface area (Å²) in [6.45, 7) is 0.